The van der Waals surface area contributed by atoms with Crippen LogP contribution in [0.25, 0.3) is 0 Å². The largest absolute Gasteiger partial charge is 0.494 e. The number of nitrogens with one attached hydrogen (secondary N) is 1. The molecule has 0 saturated heterocycles. The summed E-state index contributed by atoms with van der Waals surface area (Å²) in [5.74, 6) is -0.132. The number of ether oxygens (including phenoxy) is 1. The molecule has 2 aromatic rings. The fraction of sp³-hybridized carbons (Fsp3) is 0.154. The Kier molecular flexibility index (Phi) is 3.55. The zero-order valence-corrected chi connectivity index (χ0v) is 9.48. The normalized spacial score (nSPS) is 10.0. The van der Waals surface area contributed by atoms with Gasteiger partial charge in [-0.05, 0) is 24.3 Å². The molecule has 0 amide bonds. The van der Waals surface area contributed by atoms with Crippen molar-refractivity contribution in [3.8, 4) is 5.75 Å². The fourth-order valence-corrected chi connectivity index (χ4v) is 1.47. The van der Waals surface area contributed by atoms with Crippen LogP contribution in [-0.4, -0.2) is 12.1 Å². The van der Waals surface area contributed by atoms with E-state index < -0.39 is 0 Å². The van der Waals surface area contributed by atoms with Crippen LogP contribution < -0.4 is 10.1 Å². The molecule has 3 nitrogen and oxygen atoms in total. The molecule has 88 valence electrons. The van der Waals surface area contributed by atoms with Gasteiger partial charge >= 0.3 is 0 Å². The lowest BCUT2D eigenvalue weighted by Gasteiger charge is -2.07. The third kappa shape index (κ3) is 2.93. The van der Waals surface area contributed by atoms with E-state index in [4.69, 9.17) is 4.74 Å². The Morgan fingerprint density at radius 2 is 2.18 bits per heavy atom. The second-order valence-electron chi connectivity index (χ2n) is 3.52. The molecule has 0 spiro atoms. The summed E-state index contributed by atoms with van der Waals surface area (Å²) in [6, 6.07) is 10.4. The number of aromatic nitrogens is 1. The van der Waals surface area contributed by atoms with E-state index in [1.165, 1.54) is 13.2 Å². The van der Waals surface area contributed by atoms with Crippen LogP contribution in [0.2, 0.25) is 0 Å². The molecular formula is C13H13FN2O. The zero-order valence-electron chi connectivity index (χ0n) is 9.48. The molecule has 4 heteroatoms. The highest BCUT2D eigenvalue weighted by atomic mass is 19.1. The maximum atomic E-state index is 13.4. The first-order valence-corrected chi connectivity index (χ1v) is 5.27. The van der Waals surface area contributed by atoms with Crippen molar-refractivity contribution in [2.24, 2.45) is 0 Å². The third-order valence-electron chi connectivity index (χ3n) is 2.35. The third-order valence-corrected chi connectivity index (χ3v) is 2.35. The number of pyridine rings is 1. The quantitative estimate of drug-likeness (QED) is 0.880. The van der Waals surface area contributed by atoms with Crippen LogP contribution in [0, 0.1) is 5.82 Å². The van der Waals surface area contributed by atoms with Crippen molar-refractivity contribution in [2.45, 2.75) is 6.54 Å². The lowest BCUT2D eigenvalue weighted by molar-refractivity contribution is 0.386. The van der Waals surface area contributed by atoms with Gasteiger partial charge in [0.15, 0.2) is 11.6 Å². The molecule has 0 bridgehead atoms. The maximum absolute atomic E-state index is 13.4. The smallest absolute Gasteiger partial charge is 0.167 e. The van der Waals surface area contributed by atoms with E-state index in [0.717, 1.165) is 5.69 Å². The van der Waals surface area contributed by atoms with Crippen molar-refractivity contribution in [2.75, 3.05) is 12.4 Å². The maximum Gasteiger partial charge on any atom is 0.167 e. The van der Waals surface area contributed by atoms with Gasteiger partial charge in [0, 0.05) is 18.0 Å². The summed E-state index contributed by atoms with van der Waals surface area (Å²) in [7, 11) is 1.44. The topological polar surface area (TPSA) is 34.1 Å². The van der Waals surface area contributed by atoms with E-state index in [-0.39, 0.29) is 11.6 Å². The minimum Gasteiger partial charge on any atom is -0.494 e. The van der Waals surface area contributed by atoms with E-state index in [1.807, 2.05) is 18.2 Å². The predicted octanol–water partition coefficient (Wildman–Crippen LogP) is 2.84. The number of benzene rings is 1. The highest BCUT2D eigenvalue weighted by molar-refractivity contribution is 5.47. The Balaban J connectivity index is 2.02. The molecule has 1 aromatic carbocycles. The van der Waals surface area contributed by atoms with Crippen molar-refractivity contribution in [3.05, 3.63) is 54.1 Å². The Morgan fingerprint density at radius 1 is 1.29 bits per heavy atom. The molecule has 0 fully saturated rings. The number of halogens is 1. The van der Waals surface area contributed by atoms with E-state index in [0.29, 0.717) is 12.2 Å². The number of hydrogen-bond donors (Lipinski definition) is 1. The Labute approximate surface area is 99.3 Å². The minimum atomic E-state index is -0.376. The van der Waals surface area contributed by atoms with Gasteiger partial charge in [0.2, 0.25) is 0 Å². The number of nitrogens with zero attached hydrogens (tertiary/aromatic N) is 1. The van der Waals surface area contributed by atoms with Crippen LogP contribution in [-0.2, 0) is 6.54 Å². The highest BCUT2D eigenvalue weighted by Crippen LogP contribution is 2.20. The monoisotopic (exact) mass is 232 g/mol. The summed E-state index contributed by atoms with van der Waals surface area (Å²) >= 11 is 0. The molecular weight excluding hydrogens is 219 g/mol. The first kappa shape index (κ1) is 11.4. The van der Waals surface area contributed by atoms with Gasteiger partial charge < -0.3 is 10.1 Å². The Morgan fingerprint density at radius 3 is 2.82 bits per heavy atom. The number of rotatable bonds is 4. The molecule has 17 heavy (non-hydrogen) atoms. The van der Waals surface area contributed by atoms with Crippen LogP contribution in [0.5, 0.6) is 5.75 Å². The van der Waals surface area contributed by atoms with Crippen LogP contribution in [0.4, 0.5) is 10.1 Å². The van der Waals surface area contributed by atoms with Crippen molar-refractivity contribution in [1.29, 1.82) is 0 Å². The molecule has 1 aromatic heterocycles. The molecule has 0 aliphatic rings. The van der Waals surface area contributed by atoms with Gasteiger partial charge in [-0.1, -0.05) is 6.07 Å². The summed E-state index contributed by atoms with van der Waals surface area (Å²) in [6.07, 6.45) is 1.73. The highest BCUT2D eigenvalue weighted by Gasteiger charge is 2.03. The summed E-state index contributed by atoms with van der Waals surface area (Å²) in [5, 5.41) is 3.10. The molecule has 0 atom stereocenters. The van der Waals surface area contributed by atoms with Gasteiger partial charge in [-0.15, -0.1) is 0 Å². The average Bonchev–Trinajstić information content (AvgIpc) is 2.38. The molecule has 0 radical (unpaired) electrons. The van der Waals surface area contributed by atoms with Gasteiger partial charge in [-0.3, -0.25) is 4.98 Å². The fourth-order valence-electron chi connectivity index (χ4n) is 1.47. The SMILES string of the molecule is COc1ccc(NCc2ccccn2)cc1F. The molecule has 1 N–H and O–H groups in total. The van der Waals surface area contributed by atoms with Crippen molar-refractivity contribution in [3.63, 3.8) is 0 Å². The Hall–Kier alpha value is -2.10. The van der Waals surface area contributed by atoms with E-state index >= 15 is 0 Å². The summed E-state index contributed by atoms with van der Waals surface area (Å²) < 4.78 is 18.2. The molecule has 2 rings (SSSR count). The lowest BCUT2D eigenvalue weighted by Crippen LogP contribution is -2.01. The molecule has 0 aliphatic carbocycles. The molecule has 0 aliphatic heterocycles. The van der Waals surface area contributed by atoms with Crippen LogP contribution >= 0.6 is 0 Å². The van der Waals surface area contributed by atoms with Gasteiger partial charge in [-0.2, -0.15) is 0 Å². The van der Waals surface area contributed by atoms with Crippen LogP contribution in [0.1, 0.15) is 5.69 Å². The van der Waals surface area contributed by atoms with Gasteiger partial charge in [0.05, 0.1) is 19.3 Å². The van der Waals surface area contributed by atoms with Crippen molar-refractivity contribution < 1.29 is 9.13 Å². The summed E-state index contributed by atoms with van der Waals surface area (Å²) in [6.45, 7) is 0.562. The van der Waals surface area contributed by atoms with Crippen molar-refractivity contribution in [1.82, 2.24) is 4.98 Å². The van der Waals surface area contributed by atoms with E-state index in [2.05, 4.69) is 10.3 Å². The first-order chi connectivity index (χ1) is 8.29. The average molecular weight is 232 g/mol. The second-order valence-corrected chi connectivity index (χ2v) is 3.52. The number of hydrogen-bond acceptors (Lipinski definition) is 3. The Bertz CT molecular complexity index is 488. The van der Waals surface area contributed by atoms with E-state index in [9.17, 15) is 4.39 Å². The zero-order chi connectivity index (χ0) is 12.1. The van der Waals surface area contributed by atoms with Gasteiger partial charge in [0.1, 0.15) is 0 Å². The molecule has 1 heterocycles. The predicted molar refractivity (Wildman–Crippen MR) is 64.5 cm³/mol. The standard InChI is InChI=1S/C13H13FN2O/c1-17-13-6-5-10(8-12(13)14)16-9-11-4-2-3-7-15-11/h2-8,16H,9H2,1H3. The number of anilines is 1. The van der Waals surface area contributed by atoms with E-state index in [1.54, 1.807) is 18.3 Å². The minimum absolute atomic E-state index is 0.244. The summed E-state index contributed by atoms with van der Waals surface area (Å²) in [5.41, 5.74) is 1.61. The first-order valence-electron chi connectivity index (χ1n) is 5.27. The summed E-state index contributed by atoms with van der Waals surface area (Å²) in [4.78, 5) is 4.17. The number of methoxy groups -OCH3 is 1. The van der Waals surface area contributed by atoms with Crippen LogP contribution in [0.15, 0.2) is 42.6 Å². The van der Waals surface area contributed by atoms with Gasteiger partial charge in [-0.25, -0.2) is 4.39 Å². The van der Waals surface area contributed by atoms with Crippen LogP contribution in [0.3, 0.4) is 0 Å². The van der Waals surface area contributed by atoms with Crippen molar-refractivity contribution >= 4 is 5.69 Å². The second kappa shape index (κ2) is 5.30. The lowest BCUT2D eigenvalue weighted by atomic mass is 10.2. The molecule has 0 saturated carbocycles. The molecule has 0 unspecified atom stereocenters. The van der Waals surface area contributed by atoms with Gasteiger partial charge in [0.25, 0.3) is 0 Å².